The SMILES string of the molecule is C#CCN1C(=O)COc2cc(F)c(/N=c3\snc4n3CC(C)(C)C4)cc21.CC1COc2ccccc2N1C(=O)C(Cl)Cl.CCNc1nc(Cl)nc(NC(C)(C)C)n1.CCc1cccc(C)c1N(C(=O)CCl)C(C)COC. The molecule has 5 aromatic rings. The molecule has 0 fully saturated rings. The first-order valence-electron chi connectivity index (χ1n) is 24.5. The monoisotopic (exact) mass is 1140 g/mol. The average molecular weight is 1150 g/mol. The molecule has 0 spiro atoms. The van der Waals surface area contributed by atoms with Gasteiger partial charge in [0.2, 0.25) is 27.9 Å². The van der Waals surface area contributed by atoms with E-state index in [-0.39, 0.29) is 70.8 Å². The van der Waals surface area contributed by atoms with Gasteiger partial charge in [-0.1, -0.05) is 80.2 Å². The number of rotatable bonds is 12. The van der Waals surface area contributed by atoms with Crippen LogP contribution in [0, 0.1) is 30.5 Å². The third kappa shape index (κ3) is 16.1. The van der Waals surface area contributed by atoms with Gasteiger partial charge in [-0.2, -0.15) is 19.3 Å². The predicted octanol–water partition coefficient (Wildman–Crippen LogP) is 10.2. The van der Waals surface area contributed by atoms with E-state index in [1.807, 2.05) is 89.4 Å². The molecule has 0 aliphatic carbocycles. The van der Waals surface area contributed by atoms with Crippen LogP contribution in [0.5, 0.6) is 11.5 Å². The maximum Gasteiger partial charge on any atom is 0.265 e. The number of aromatic nitrogens is 5. The summed E-state index contributed by atoms with van der Waals surface area (Å²) < 4.78 is 37.0. The van der Waals surface area contributed by atoms with Gasteiger partial charge in [-0.25, -0.2) is 9.38 Å². The lowest BCUT2D eigenvalue weighted by Crippen LogP contribution is -2.47. The number of anilines is 5. The minimum absolute atomic E-state index is 0.0223. The van der Waals surface area contributed by atoms with E-state index in [0.717, 1.165) is 54.3 Å². The minimum atomic E-state index is -1.05. The number of fused-ring (bicyclic) bond motifs is 3. The van der Waals surface area contributed by atoms with Gasteiger partial charge in [0, 0.05) is 49.8 Å². The summed E-state index contributed by atoms with van der Waals surface area (Å²) in [5.74, 6) is 4.16. The molecule has 3 aromatic carbocycles. The van der Waals surface area contributed by atoms with Crippen LogP contribution < -0.4 is 39.6 Å². The second-order valence-electron chi connectivity index (χ2n) is 19.6. The van der Waals surface area contributed by atoms with Crippen LogP contribution in [0.4, 0.5) is 39.0 Å². The molecule has 23 heteroatoms. The van der Waals surface area contributed by atoms with Gasteiger partial charge in [0.1, 0.15) is 35.5 Å². The molecule has 2 aromatic heterocycles. The van der Waals surface area contributed by atoms with Crippen molar-refractivity contribution in [1.29, 1.82) is 0 Å². The van der Waals surface area contributed by atoms with Crippen LogP contribution in [-0.2, 0) is 38.5 Å². The van der Waals surface area contributed by atoms with Crippen molar-refractivity contribution in [1.82, 2.24) is 23.9 Å². The summed E-state index contributed by atoms with van der Waals surface area (Å²) in [6.45, 7) is 22.7. The molecule has 3 aliphatic rings. The van der Waals surface area contributed by atoms with Gasteiger partial charge in [-0.05, 0) is 101 Å². The first kappa shape index (κ1) is 61.1. The number of methoxy groups -OCH3 is 1. The number of aryl methyl sites for hydroxylation is 2. The number of benzene rings is 3. The standard InChI is InChI=1S/C18H17FN4O2S.C15H22ClNO2.C11H11Cl2NO2.C9H16ClN5/c1-4-5-22-13-7-12(11(19)6-14(13)25-9-16(22)24)20-17-23-10-18(2,3)8-15(23)21-26-17;1-5-13-8-6-7-11(2)15(13)17(14(18)9-16)12(3)10-19-4;1-7-6-16-9-5-3-2-4-8(9)14(7)11(15)10(12)13;1-5-11-7-12-6(10)13-8(14-7)15-9(2,3)4/h1,6-7H,5,8-10H2,2-3H3;6-8,12H,5,9-10H2,1-4H3;2-5,7,10H,6H2,1H3;5H2,1-4H3,(H2,11,12,13,14,15)/b20-17-;;;. The lowest BCUT2D eigenvalue weighted by Gasteiger charge is -2.35. The molecule has 2 atom stereocenters. The van der Waals surface area contributed by atoms with Crippen LogP contribution in [0.15, 0.2) is 59.6 Å². The van der Waals surface area contributed by atoms with Gasteiger partial charge in [0.05, 0.1) is 42.3 Å². The summed E-state index contributed by atoms with van der Waals surface area (Å²) in [6, 6.07) is 16.1. The van der Waals surface area contributed by atoms with Crippen LogP contribution >= 0.6 is 57.9 Å². The largest absolute Gasteiger partial charge is 0.489 e. The highest BCUT2D eigenvalue weighted by molar-refractivity contribution is 7.02. The van der Waals surface area contributed by atoms with Gasteiger partial charge in [0.15, 0.2) is 17.3 Å². The van der Waals surface area contributed by atoms with Crippen molar-refractivity contribution in [2.75, 3.05) is 71.2 Å². The summed E-state index contributed by atoms with van der Waals surface area (Å²) in [7, 11) is 1.64. The Kier molecular flexibility index (Phi) is 22.1. The molecule has 3 amide bonds. The van der Waals surface area contributed by atoms with Crippen LogP contribution in [-0.4, -0.2) is 110 Å². The second-order valence-corrected chi connectivity index (χ2v) is 22.0. The van der Waals surface area contributed by atoms with Crippen molar-refractivity contribution in [3.63, 3.8) is 0 Å². The van der Waals surface area contributed by atoms with Gasteiger partial charge < -0.3 is 39.2 Å². The molecule has 0 radical (unpaired) electrons. The Hall–Kier alpha value is -5.75. The minimum Gasteiger partial charge on any atom is -0.489 e. The zero-order valence-electron chi connectivity index (χ0n) is 44.6. The van der Waals surface area contributed by atoms with Crippen molar-refractivity contribution in [3.05, 3.63) is 87.5 Å². The van der Waals surface area contributed by atoms with E-state index in [0.29, 0.717) is 47.1 Å². The molecule has 5 heterocycles. The number of nitrogens with one attached hydrogen (secondary N) is 2. The molecule has 76 heavy (non-hydrogen) atoms. The number of alkyl halides is 3. The molecule has 0 bridgehead atoms. The number of halogens is 5. The number of hydrogen-bond acceptors (Lipinski definition) is 14. The fourth-order valence-corrected chi connectivity index (χ4v) is 9.54. The third-order valence-electron chi connectivity index (χ3n) is 11.5. The van der Waals surface area contributed by atoms with E-state index in [4.69, 9.17) is 67.0 Å². The predicted molar refractivity (Wildman–Crippen MR) is 303 cm³/mol. The summed E-state index contributed by atoms with van der Waals surface area (Å²) in [5.41, 5.74) is 4.51. The number of terminal acetylenes is 1. The zero-order chi connectivity index (χ0) is 56.1. The summed E-state index contributed by atoms with van der Waals surface area (Å²) in [4.78, 5) is 57.1. The molecule has 2 unspecified atom stereocenters. The Labute approximate surface area is 468 Å². The fourth-order valence-electron chi connectivity index (χ4n) is 8.29. The molecule has 8 rings (SSSR count). The molecular formula is C53H66Cl4FN11O6S. The Bertz CT molecular complexity index is 2940. The lowest BCUT2D eigenvalue weighted by molar-refractivity contribution is -0.121. The van der Waals surface area contributed by atoms with Crippen LogP contribution in [0.1, 0.15) is 79.3 Å². The Morgan fingerprint density at radius 1 is 1.07 bits per heavy atom. The van der Waals surface area contributed by atoms with E-state index >= 15 is 0 Å². The summed E-state index contributed by atoms with van der Waals surface area (Å²) in [6.07, 6.45) is 7.09. The number of para-hydroxylation sites is 3. The Balaban J connectivity index is 0.000000192. The van der Waals surface area contributed by atoms with E-state index in [2.05, 4.69) is 67.7 Å². The zero-order valence-corrected chi connectivity index (χ0v) is 48.5. The highest BCUT2D eigenvalue weighted by Crippen LogP contribution is 2.38. The van der Waals surface area contributed by atoms with Crippen molar-refractivity contribution in [3.8, 4) is 23.8 Å². The highest BCUT2D eigenvalue weighted by atomic mass is 35.5. The van der Waals surface area contributed by atoms with Gasteiger partial charge in [0.25, 0.3) is 11.8 Å². The number of nitrogens with zero attached hydrogens (tertiary/aromatic N) is 9. The van der Waals surface area contributed by atoms with Crippen molar-refractivity contribution < 1.29 is 33.0 Å². The maximum atomic E-state index is 14.5. The molecule has 410 valence electrons. The van der Waals surface area contributed by atoms with Gasteiger partial charge in [-0.3, -0.25) is 19.3 Å². The van der Waals surface area contributed by atoms with Crippen molar-refractivity contribution in [2.24, 2.45) is 10.4 Å². The van der Waals surface area contributed by atoms with E-state index in [9.17, 15) is 18.8 Å². The highest BCUT2D eigenvalue weighted by Gasteiger charge is 2.33. The number of ether oxygens (including phenoxy) is 3. The lowest BCUT2D eigenvalue weighted by atomic mass is 9.92. The number of carbonyl (C=O) groups excluding carboxylic acids is 3. The maximum absolute atomic E-state index is 14.5. The average Bonchev–Trinajstić information content (AvgIpc) is 3.87. The van der Waals surface area contributed by atoms with E-state index < -0.39 is 10.7 Å². The van der Waals surface area contributed by atoms with Crippen LogP contribution in [0.25, 0.3) is 0 Å². The quantitative estimate of drug-likeness (QED) is 0.0893. The molecule has 0 saturated heterocycles. The smallest absolute Gasteiger partial charge is 0.265 e. The van der Waals surface area contributed by atoms with Gasteiger partial charge in [-0.15, -0.1) is 18.0 Å². The number of amides is 3. The first-order chi connectivity index (χ1) is 36.0. The molecule has 17 nitrogen and oxygen atoms in total. The van der Waals surface area contributed by atoms with Crippen LogP contribution in [0.3, 0.4) is 0 Å². The number of hydrogen-bond donors (Lipinski definition) is 2. The Morgan fingerprint density at radius 3 is 2.42 bits per heavy atom. The number of carbonyl (C=O) groups is 3. The topological polar surface area (TPSA) is 182 Å². The first-order valence-corrected chi connectivity index (χ1v) is 27.0. The van der Waals surface area contributed by atoms with Crippen molar-refractivity contribution in [2.45, 2.75) is 111 Å². The molecular weight excluding hydrogens is 1080 g/mol. The summed E-state index contributed by atoms with van der Waals surface area (Å²) in [5, 5.41) is 6.31. The van der Waals surface area contributed by atoms with E-state index in [1.165, 1.54) is 28.6 Å². The van der Waals surface area contributed by atoms with Crippen molar-refractivity contribution >= 4 is 110 Å². The molecule has 0 saturated carbocycles. The molecule has 3 aliphatic heterocycles. The van der Waals surface area contributed by atoms with E-state index in [1.54, 1.807) is 16.9 Å². The Morgan fingerprint density at radius 2 is 1.78 bits per heavy atom. The van der Waals surface area contributed by atoms with Crippen LogP contribution in [0.2, 0.25) is 5.28 Å². The summed E-state index contributed by atoms with van der Waals surface area (Å²) >= 11 is 24.0. The third-order valence-corrected chi connectivity index (χ3v) is 13.1. The fraction of sp³-hybridized carbons (Fsp3) is 0.472. The second kappa shape index (κ2) is 27.5. The molecule has 2 N–H and O–H groups in total. The normalized spacial score (nSPS) is 15.6. The van der Waals surface area contributed by atoms with Gasteiger partial charge >= 0.3 is 0 Å².